The molecule has 0 radical (unpaired) electrons. The Labute approximate surface area is 127 Å². The molecule has 9 heteroatoms. The molecule has 0 aromatic carbocycles. The maximum Gasteiger partial charge on any atom is 0.308 e. The first-order valence-electron chi connectivity index (χ1n) is 6.77. The Morgan fingerprint density at radius 3 is 2.45 bits per heavy atom. The summed E-state index contributed by atoms with van der Waals surface area (Å²) in [6, 6.07) is -0.176. The van der Waals surface area contributed by atoms with Crippen LogP contribution in [0.1, 0.15) is 30.1 Å². The number of amides is 1. The van der Waals surface area contributed by atoms with Crippen molar-refractivity contribution >= 4 is 17.8 Å². The Bertz CT molecular complexity index is 513. The average Bonchev–Trinajstić information content (AvgIpc) is 2.87. The Balaban J connectivity index is 0.000000541. The molecule has 1 aliphatic rings. The van der Waals surface area contributed by atoms with Crippen LogP contribution >= 0.6 is 0 Å². The van der Waals surface area contributed by atoms with Crippen LogP contribution in [0.25, 0.3) is 0 Å². The van der Waals surface area contributed by atoms with E-state index in [0.717, 1.165) is 6.92 Å². The molecule has 5 N–H and O–H groups in total. The third kappa shape index (κ3) is 5.52. The number of nitrogens with zero attached hydrogens (tertiary/aromatic N) is 2. The lowest BCUT2D eigenvalue weighted by atomic mass is 10.0. The minimum absolute atomic E-state index is 0.176. The standard InChI is InChI=1S/C11H16N4O3.C2H4O2/c12-9-2-1-7(11(17)18)5-15(6-9)10(16)8-3-13-14-4-8;1-2(3)4/h3-4,7,9H,1-2,5-6,12H2,(H,13,14)(H,17,18);1H3,(H,3,4)/t7-,9+;/m0./s1. The monoisotopic (exact) mass is 312 g/mol. The Kier molecular flexibility index (Phi) is 6.51. The van der Waals surface area contributed by atoms with Gasteiger partial charge in [0.15, 0.2) is 0 Å². The Hall–Kier alpha value is -2.42. The normalized spacial score (nSPS) is 21.3. The summed E-state index contributed by atoms with van der Waals surface area (Å²) in [5.74, 6) is -2.49. The van der Waals surface area contributed by atoms with E-state index in [-0.39, 0.29) is 18.5 Å². The first-order chi connectivity index (χ1) is 10.3. The van der Waals surface area contributed by atoms with Crippen molar-refractivity contribution in [3.63, 3.8) is 0 Å². The minimum atomic E-state index is -0.880. The lowest BCUT2D eigenvalue weighted by molar-refractivity contribution is -0.142. The maximum atomic E-state index is 12.1. The molecule has 0 spiro atoms. The minimum Gasteiger partial charge on any atom is -0.481 e. The van der Waals surface area contributed by atoms with Gasteiger partial charge in [-0.1, -0.05) is 0 Å². The zero-order valence-corrected chi connectivity index (χ0v) is 12.2. The van der Waals surface area contributed by atoms with Crippen LogP contribution in [0.5, 0.6) is 0 Å². The van der Waals surface area contributed by atoms with Gasteiger partial charge in [0.05, 0.1) is 17.7 Å². The molecule has 2 heterocycles. The number of aromatic amines is 1. The van der Waals surface area contributed by atoms with Crippen molar-refractivity contribution in [2.45, 2.75) is 25.8 Å². The lowest BCUT2D eigenvalue weighted by Gasteiger charge is -2.23. The molecule has 1 amide bonds. The van der Waals surface area contributed by atoms with E-state index in [0.29, 0.717) is 24.9 Å². The summed E-state index contributed by atoms with van der Waals surface area (Å²) in [6.45, 7) is 1.67. The summed E-state index contributed by atoms with van der Waals surface area (Å²) in [7, 11) is 0. The van der Waals surface area contributed by atoms with E-state index in [9.17, 15) is 9.59 Å². The highest BCUT2D eigenvalue weighted by Gasteiger charge is 2.30. The number of H-pyrrole nitrogens is 1. The van der Waals surface area contributed by atoms with Gasteiger partial charge in [-0.2, -0.15) is 5.10 Å². The molecular formula is C13H20N4O5. The number of nitrogens with one attached hydrogen (secondary N) is 1. The lowest BCUT2D eigenvalue weighted by Crippen LogP contribution is -2.41. The predicted octanol–water partition coefficient (Wildman–Crippen LogP) is -0.235. The maximum absolute atomic E-state index is 12.1. The molecule has 2 rings (SSSR count). The van der Waals surface area contributed by atoms with Gasteiger partial charge in [0.2, 0.25) is 0 Å². The van der Waals surface area contributed by atoms with Gasteiger partial charge in [0.25, 0.3) is 11.9 Å². The Morgan fingerprint density at radius 1 is 1.32 bits per heavy atom. The smallest absolute Gasteiger partial charge is 0.308 e. The fourth-order valence-electron chi connectivity index (χ4n) is 2.14. The van der Waals surface area contributed by atoms with Gasteiger partial charge in [0, 0.05) is 32.3 Å². The molecule has 0 aliphatic carbocycles. The number of carboxylic acid groups (broad SMARTS) is 2. The van der Waals surface area contributed by atoms with Crippen LogP contribution in [0.2, 0.25) is 0 Å². The number of hydrogen-bond acceptors (Lipinski definition) is 5. The topological polar surface area (TPSA) is 150 Å². The molecule has 1 aromatic rings. The number of nitrogens with two attached hydrogens (primary N) is 1. The highest BCUT2D eigenvalue weighted by Crippen LogP contribution is 2.18. The molecule has 1 fully saturated rings. The second kappa shape index (κ2) is 8.13. The van der Waals surface area contributed by atoms with E-state index >= 15 is 0 Å². The van der Waals surface area contributed by atoms with Gasteiger partial charge >= 0.3 is 5.97 Å². The number of carbonyl (C=O) groups excluding carboxylic acids is 1. The molecule has 2 atom stereocenters. The van der Waals surface area contributed by atoms with E-state index in [1.54, 1.807) is 0 Å². The number of carboxylic acids is 2. The van der Waals surface area contributed by atoms with Crippen molar-refractivity contribution < 1.29 is 24.6 Å². The van der Waals surface area contributed by atoms with Crippen molar-refractivity contribution in [2.24, 2.45) is 11.7 Å². The van der Waals surface area contributed by atoms with Crippen molar-refractivity contribution in [3.8, 4) is 0 Å². The van der Waals surface area contributed by atoms with Gasteiger partial charge in [-0.25, -0.2) is 0 Å². The molecule has 0 saturated carbocycles. The molecule has 122 valence electrons. The average molecular weight is 312 g/mol. The SMILES string of the molecule is CC(=O)O.N[C@@H]1CC[C@H](C(=O)O)CN(C(=O)c2cn[nH]c2)C1. The number of likely N-dealkylation sites (tertiary alicyclic amines) is 1. The van der Waals surface area contributed by atoms with Crippen molar-refractivity contribution in [1.29, 1.82) is 0 Å². The molecule has 0 unspecified atom stereocenters. The fourth-order valence-corrected chi connectivity index (χ4v) is 2.14. The van der Waals surface area contributed by atoms with Crippen LogP contribution in [0.3, 0.4) is 0 Å². The van der Waals surface area contributed by atoms with Crippen LogP contribution in [0, 0.1) is 5.92 Å². The zero-order chi connectivity index (χ0) is 16.7. The fraction of sp³-hybridized carbons (Fsp3) is 0.538. The second-order valence-electron chi connectivity index (χ2n) is 5.09. The van der Waals surface area contributed by atoms with Crippen LogP contribution in [0.4, 0.5) is 0 Å². The third-order valence-corrected chi connectivity index (χ3v) is 3.16. The molecule has 0 bridgehead atoms. The number of aromatic nitrogens is 2. The molecule has 1 aromatic heterocycles. The summed E-state index contributed by atoms with van der Waals surface area (Å²) in [5.41, 5.74) is 6.29. The number of rotatable bonds is 2. The van der Waals surface area contributed by atoms with E-state index in [4.69, 9.17) is 20.7 Å². The molecule has 22 heavy (non-hydrogen) atoms. The Morgan fingerprint density at radius 2 is 1.95 bits per heavy atom. The third-order valence-electron chi connectivity index (χ3n) is 3.16. The highest BCUT2D eigenvalue weighted by molar-refractivity contribution is 5.94. The summed E-state index contributed by atoms with van der Waals surface area (Å²) in [6.07, 6.45) is 4.04. The van der Waals surface area contributed by atoms with Crippen molar-refractivity contribution in [3.05, 3.63) is 18.0 Å². The van der Waals surface area contributed by atoms with E-state index in [2.05, 4.69) is 10.2 Å². The van der Waals surface area contributed by atoms with Gasteiger partial charge in [-0.15, -0.1) is 0 Å². The van der Waals surface area contributed by atoms with Gasteiger partial charge < -0.3 is 20.8 Å². The largest absolute Gasteiger partial charge is 0.481 e. The quantitative estimate of drug-likeness (QED) is 0.588. The summed E-state index contributed by atoms with van der Waals surface area (Å²) in [4.78, 5) is 33.7. The highest BCUT2D eigenvalue weighted by atomic mass is 16.4. The second-order valence-corrected chi connectivity index (χ2v) is 5.09. The molecule has 1 saturated heterocycles. The first-order valence-corrected chi connectivity index (χ1v) is 6.77. The van der Waals surface area contributed by atoms with E-state index < -0.39 is 17.9 Å². The molecule has 9 nitrogen and oxygen atoms in total. The summed E-state index contributed by atoms with van der Waals surface area (Å²) < 4.78 is 0. The summed E-state index contributed by atoms with van der Waals surface area (Å²) >= 11 is 0. The molecule has 1 aliphatic heterocycles. The van der Waals surface area contributed by atoms with Crippen molar-refractivity contribution in [1.82, 2.24) is 15.1 Å². The first kappa shape index (κ1) is 17.6. The molecular weight excluding hydrogens is 292 g/mol. The van der Waals surface area contributed by atoms with Gasteiger partial charge in [0.1, 0.15) is 0 Å². The van der Waals surface area contributed by atoms with Crippen LogP contribution in [0.15, 0.2) is 12.4 Å². The van der Waals surface area contributed by atoms with Crippen LogP contribution in [-0.4, -0.2) is 62.3 Å². The predicted molar refractivity (Wildman–Crippen MR) is 76.1 cm³/mol. The van der Waals surface area contributed by atoms with Crippen LogP contribution < -0.4 is 5.73 Å². The van der Waals surface area contributed by atoms with Gasteiger partial charge in [-0.05, 0) is 12.8 Å². The van der Waals surface area contributed by atoms with Crippen molar-refractivity contribution in [2.75, 3.05) is 13.1 Å². The number of aliphatic carboxylic acids is 2. The van der Waals surface area contributed by atoms with E-state index in [1.807, 2.05) is 0 Å². The van der Waals surface area contributed by atoms with Crippen LogP contribution in [-0.2, 0) is 9.59 Å². The summed E-state index contributed by atoms with van der Waals surface area (Å²) in [5, 5.41) is 22.8. The van der Waals surface area contributed by atoms with E-state index in [1.165, 1.54) is 17.3 Å². The van der Waals surface area contributed by atoms with Gasteiger partial charge in [-0.3, -0.25) is 19.5 Å². The number of hydrogen-bond donors (Lipinski definition) is 4. The zero-order valence-electron chi connectivity index (χ0n) is 12.2. The number of carbonyl (C=O) groups is 3.